The van der Waals surface area contributed by atoms with Gasteiger partial charge in [0.25, 0.3) is 0 Å². The fraction of sp³-hybridized carbons (Fsp3) is 0.286. The number of anilines is 1. The van der Waals surface area contributed by atoms with Gasteiger partial charge in [-0.1, -0.05) is 6.08 Å². The first kappa shape index (κ1) is 5.53. The summed E-state index contributed by atoms with van der Waals surface area (Å²) in [5, 5.41) is 0. The van der Waals surface area contributed by atoms with Gasteiger partial charge < -0.3 is 9.88 Å². The van der Waals surface area contributed by atoms with E-state index in [1.54, 1.807) is 6.20 Å². The predicted octanol–water partition coefficient (Wildman–Crippen LogP) is 1.13. The molecule has 52 valence electrons. The molecule has 0 saturated heterocycles. The monoisotopic (exact) mass is 135 g/mol. The van der Waals surface area contributed by atoms with E-state index in [4.69, 9.17) is 0 Å². The summed E-state index contributed by atoms with van der Waals surface area (Å²) in [5.41, 5.74) is 0. The summed E-state index contributed by atoms with van der Waals surface area (Å²) >= 11 is 0. The van der Waals surface area contributed by atoms with Gasteiger partial charge in [0.05, 0.1) is 0 Å². The van der Waals surface area contributed by atoms with E-state index in [9.17, 15) is 0 Å². The van der Waals surface area contributed by atoms with Crippen molar-refractivity contribution in [3.63, 3.8) is 0 Å². The fourth-order valence-electron chi connectivity index (χ4n) is 1.08. The molecule has 0 aromatic carbocycles. The van der Waals surface area contributed by atoms with Crippen LogP contribution < -0.4 is 4.90 Å². The molecular weight excluding hydrogens is 126 g/mol. The second-order valence-electron chi connectivity index (χ2n) is 2.28. The smallest absolute Gasteiger partial charge is 0.206 e. The third-order valence-corrected chi connectivity index (χ3v) is 1.58. The molecular formula is C7H9N3. The van der Waals surface area contributed by atoms with Gasteiger partial charge in [-0.25, -0.2) is 4.98 Å². The van der Waals surface area contributed by atoms with Gasteiger partial charge in [0, 0.05) is 25.1 Å². The highest BCUT2D eigenvalue weighted by Gasteiger charge is 2.07. The molecule has 0 amide bonds. The molecule has 1 aliphatic heterocycles. The lowest BCUT2D eigenvalue weighted by Gasteiger charge is -2.09. The number of nitrogens with zero attached hydrogens (tertiary/aromatic N) is 2. The van der Waals surface area contributed by atoms with Crippen molar-refractivity contribution in [1.29, 1.82) is 0 Å². The highest BCUT2D eigenvalue weighted by Crippen LogP contribution is 2.11. The van der Waals surface area contributed by atoms with Crippen molar-refractivity contribution in [2.45, 2.75) is 6.42 Å². The van der Waals surface area contributed by atoms with Crippen molar-refractivity contribution < 1.29 is 0 Å². The quantitative estimate of drug-likeness (QED) is 0.626. The van der Waals surface area contributed by atoms with Gasteiger partial charge >= 0.3 is 0 Å². The van der Waals surface area contributed by atoms with E-state index in [1.807, 2.05) is 6.20 Å². The van der Waals surface area contributed by atoms with Crippen LogP contribution in [0.15, 0.2) is 24.7 Å². The van der Waals surface area contributed by atoms with Gasteiger partial charge in [-0.05, 0) is 6.42 Å². The molecule has 2 heterocycles. The number of imidazole rings is 1. The van der Waals surface area contributed by atoms with Gasteiger partial charge in [-0.15, -0.1) is 0 Å². The van der Waals surface area contributed by atoms with Crippen molar-refractivity contribution >= 4 is 5.95 Å². The molecule has 10 heavy (non-hydrogen) atoms. The minimum absolute atomic E-state index is 0.939. The second kappa shape index (κ2) is 2.17. The summed E-state index contributed by atoms with van der Waals surface area (Å²) in [6.45, 7) is 1.05. The van der Waals surface area contributed by atoms with Crippen LogP contribution in [0.25, 0.3) is 0 Å². The third-order valence-electron chi connectivity index (χ3n) is 1.58. The summed E-state index contributed by atoms with van der Waals surface area (Å²) in [7, 11) is 0. The molecule has 1 aromatic heterocycles. The van der Waals surface area contributed by atoms with Gasteiger partial charge in [-0.3, -0.25) is 0 Å². The summed E-state index contributed by atoms with van der Waals surface area (Å²) in [6.07, 6.45) is 8.92. The molecule has 0 radical (unpaired) electrons. The minimum atomic E-state index is 0.939. The van der Waals surface area contributed by atoms with E-state index in [1.165, 1.54) is 0 Å². The normalized spacial score (nSPS) is 16.6. The van der Waals surface area contributed by atoms with E-state index in [0.29, 0.717) is 0 Å². The van der Waals surface area contributed by atoms with Gasteiger partial charge in [0.1, 0.15) is 0 Å². The van der Waals surface area contributed by atoms with Crippen LogP contribution in [0.2, 0.25) is 0 Å². The Bertz CT molecular complexity index is 225. The van der Waals surface area contributed by atoms with E-state index in [0.717, 1.165) is 18.9 Å². The lowest BCUT2D eigenvalue weighted by atomic mass is 10.5. The number of hydrogen-bond acceptors (Lipinski definition) is 2. The Kier molecular flexibility index (Phi) is 1.20. The maximum atomic E-state index is 4.12. The Balaban J connectivity index is 2.20. The van der Waals surface area contributed by atoms with Gasteiger partial charge in [0.2, 0.25) is 5.95 Å². The summed E-state index contributed by atoms with van der Waals surface area (Å²) in [5.74, 6) is 0.939. The van der Waals surface area contributed by atoms with E-state index in [2.05, 4.69) is 27.1 Å². The molecule has 0 aliphatic carbocycles. The first-order chi connectivity index (χ1) is 4.97. The van der Waals surface area contributed by atoms with E-state index in [-0.39, 0.29) is 0 Å². The van der Waals surface area contributed by atoms with Crippen LogP contribution in [0.4, 0.5) is 5.95 Å². The predicted molar refractivity (Wildman–Crippen MR) is 39.7 cm³/mol. The highest BCUT2D eigenvalue weighted by molar-refractivity contribution is 5.36. The highest BCUT2D eigenvalue weighted by atomic mass is 15.2. The Morgan fingerprint density at radius 2 is 2.60 bits per heavy atom. The van der Waals surface area contributed by atoms with Crippen molar-refractivity contribution in [3.05, 3.63) is 24.7 Å². The Morgan fingerprint density at radius 1 is 1.60 bits per heavy atom. The minimum Gasteiger partial charge on any atom is -0.331 e. The first-order valence-corrected chi connectivity index (χ1v) is 3.39. The maximum Gasteiger partial charge on any atom is 0.206 e. The third kappa shape index (κ3) is 0.795. The Morgan fingerprint density at radius 3 is 3.20 bits per heavy atom. The average molecular weight is 135 g/mol. The summed E-state index contributed by atoms with van der Waals surface area (Å²) in [6, 6.07) is 0. The number of H-pyrrole nitrogens is 1. The standard InChI is InChI=1S/C7H9N3/c1-2-6-10(5-1)7-8-3-4-9-7/h1,3-5H,2,6H2,(H,8,9). The Labute approximate surface area is 59.4 Å². The SMILES string of the molecule is C1=CN(c2ncc[nH]2)CC1. The zero-order chi connectivity index (χ0) is 6.81. The molecule has 0 unspecified atom stereocenters. The van der Waals surface area contributed by atoms with E-state index >= 15 is 0 Å². The molecule has 1 aliphatic rings. The number of hydrogen-bond donors (Lipinski definition) is 1. The van der Waals surface area contributed by atoms with Crippen LogP contribution >= 0.6 is 0 Å². The summed E-state index contributed by atoms with van der Waals surface area (Å²) in [4.78, 5) is 9.26. The molecule has 0 atom stereocenters. The summed E-state index contributed by atoms with van der Waals surface area (Å²) < 4.78 is 0. The van der Waals surface area contributed by atoms with Crippen LogP contribution in [0.3, 0.4) is 0 Å². The lowest BCUT2D eigenvalue weighted by Crippen LogP contribution is -2.13. The number of nitrogens with one attached hydrogen (secondary N) is 1. The molecule has 0 fully saturated rings. The number of aromatic nitrogens is 2. The molecule has 0 saturated carbocycles. The topological polar surface area (TPSA) is 31.9 Å². The van der Waals surface area contributed by atoms with Crippen LogP contribution in [0, 0.1) is 0 Å². The van der Waals surface area contributed by atoms with Crippen molar-refractivity contribution in [1.82, 2.24) is 9.97 Å². The molecule has 3 heteroatoms. The number of rotatable bonds is 1. The van der Waals surface area contributed by atoms with Gasteiger partial charge in [0.15, 0.2) is 0 Å². The molecule has 1 N–H and O–H groups in total. The van der Waals surface area contributed by atoms with Crippen molar-refractivity contribution in [3.8, 4) is 0 Å². The fourth-order valence-corrected chi connectivity index (χ4v) is 1.08. The molecule has 0 bridgehead atoms. The lowest BCUT2D eigenvalue weighted by molar-refractivity contribution is 0.956. The average Bonchev–Trinajstić information content (AvgIpc) is 2.59. The zero-order valence-corrected chi connectivity index (χ0v) is 5.62. The van der Waals surface area contributed by atoms with Crippen LogP contribution in [-0.2, 0) is 0 Å². The maximum absolute atomic E-state index is 4.12. The zero-order valence-electron chi connectivity index (χ0n) is 5.62. The van der Waals surface area contributed by atoms with Crippen LogP contribution in [-0.4, -0.2) is 16.5 Å². The van der Waals surface area contributed by atoms with Crippen molar-refractivity contribution in [2.24, 2.45) is 0 Å². The first-order valence-electron chi connectivity index (χ1n) is 3.39. The molecule has 3 nitrogen and oxygen atoms in total. The van der Waals surface area contributed by atoms with Crippen LogP contribution in [0.5, 0.6) is 0 Å². The largest absolute Gasteiger partial charge is 0.331 e. The van der Waals surface area contributed by atoms with E-state index < -0.39 is 0 Å². The Hall–Kier alpha value is -1.25. The molecule has 1 aromatic rings. The second-order valence-corrected chi connectivity index (χ2v) is 2.28. The molecule has 2 rings (SSSR count). The van der Waals surface area contributed by atoms with Gasteiger partial charge in [-0.2, -0.15) is 0 Å². The van der Waals surface area contributed by atoms with Crippen molar-refractivity contribution in [2.75, 3.05) is 11.4 Å². The van der Waals surface area contributed by atoms with Crippen LogP contribution in [0.1, 0.15) is 6.42 Å². The molecule has 0 spiro atoms. The number of aromatic amines is 1.